The first-order chi connectivity index (χ1) is 11.6. The van der Waals surface area contributed by atoms with Crippen molar-refractivity contribution < 1.29 is 4.79 Å². The van der Waals surface area contributed by atoms with Gasteiger partial charge in [-0.15, -0.1) is 0 Å². The van der Waals surface area contributed by atoms with Crippen molar-refractivity contribution in [2.75, 3.05) is 5.73 Å². The standard InChI is InChI=1S/C21H20NOP/c1-15-13-17(22)14-16(2)20(15)21(23)24(18-9-5-3-6-10-18)19-11-7-4-8-12-19/h3-14H,22H2,1-2H3. The first-order valence-electron chi connectivity index (χ1n) is 7.89. The van der Waals surface area contributed by atoms with E-state index in [9.17, 15) is 4.79 Å². The average molecular weight is 333 g/mol. The molecule has 0 atom stereocenters. The summed E-state index contributed by atoms with van der Waals surface area (Å²) in [7, 11) is -1.11. The van der Waals surface area contributed by atoms with Gasteiger partial charge in [0.15, 0.2) is 5.52 Å². The highest BCUT2D eigenvalue weighted by Crippen LogP contribution is 2.39. The average Bonchev–Trinajstić information content (AvgIpc) is 2.56. The zero-order valence-electron chi connectivity index (χ0n) is 13.9. The highest BCUT2D eigenvalue weighted by molar-refractivity contribution is 7.88. The molecule has 120 valence electrons. The van der Waals surface area contributed by atoms with Gasteiger partial charge in [-0.3, -0.25) is 4.79 Å². The number of carbonyl (C=O) groups excluding carboxylic acids is 1. The molecule has 0 spiro atoms. The third-order valence-electron chi connectivity index (χ3n) is 4.00. The van der Waals surface area contributed by atoms with E-state index in [-0.39, 0.29) is 5.52 Å². The third kappa shape index (κ3) is 3.25. The van der Waals surface area contributed by atoms with Crippen LogP contribution in [0.25, 0.3) is 0 Å². The number of nitrogen functional groups attached to an aromatic ring is 1. The molecule has 3 aromatic carbocycles. The molecule has 3 aromatic rings. The van der Waals surface area contributed by atoms with Crippen LogP contribution in [0, 0.1) is 13.8 Å². The normalized spacial score (nSPS) is 10.8. The Morgan fingerprint density at radius 1 is 0.792 bits per heavy atom. The lowest BCUT2D eigenvalue weighted by atomic mass is 10.0. The summed E-state index contributed by atoms with van der Waals surface area (Å²) in [4.78, 5) is 13.5. The summed E-state index contributed by atoms with van der Waals surface area (Å²) in [6.07, 6.45) is 0. The van der Waals surface area contributed by atoms with Crippen LogP contribution in [0.4, 0.5) is 5.69 Å². The molecule has 0 aliphatic rings. The van der Waals surface area contributed by atoms with Crippen molar-refractivity contribution >= 4 is 29.7 Å². The van der Waals surface area contributed by atoms with Crippen molar-refractivity contribution in [1.82, 2.24) is 0 Å². The lowest BCUT2D eigenvalue weighted by molar-refractivity contribution is 0.108. The van der Waals surface area contributed by atoms with Gasteiger partial charge in [0.25, 0.3) is 0 Å². The molecule has 0 bridgehead atoms. The van der Waals surface area contributed by atoms with Gasteiger partial charge < -0.3 is 5.73 Å². The van der Waals surface area contributed by atoms with Gasteiger partial charge in [-0.1, -0.05) is 60.7 Å². The van der Waals surface area contributed by atoms with Crippen LogP contribution in [-0.4, -0.2) is 5.52 Å². The lowest BCUT2D eigenvalue weighted by Gasteiger charge is -2.20. The number of carbonyl (C=O) groups is 1. The van der Waals surface area contributed by atoms with Crippen LogP contribution in [0.15, 0.2) is 72.8 Å². The quantitative estimate of drug-likeness (QED) is 0.575. The molecule has 0 unspecified atom stereocenters. The smallest absolute Gasteiger partial charge is 0.193 e. The van der Waals surface area contributed by atoms with E-state index < -0.39 is 7.92 Å². The van der Waals surface area contributed by atoms with E-state index in [1.807, 2.05) is 86.6 Å². The van der Waals surface area contributed by atoms with Crippen LogP contribution in [0.1, 0.15) is 21.5 Å². The number of aryl methyl sites for hydroxylation is 2. The highest BCUT2D eigenvalue weighted by Gasteiger charge is 2.26. The predicted octanol–water partition coefficient (Wildman–Crippen LogP) is 4.16. The van der Waals surface area contributed by atoms with Crippen molar-refractivity contribution in [2.45, 2.75) is 13.8 Å². The van der Waals surface area contributed by atoms with Crippen LogP contribution in [0.2, 0.25) is 0 Å². The molecule has 0 radical (unpaired) electrons. The Morgan fingerprint density at radius 3 is 1.62 bits per heavy atom. The second-order valence-corrected chi connectivity index (χ2v) is 7.95. The Morgan fingerprint density at radius 2 is 1.21 bits per heavy atom. The summed E-state index contributed by atoms with van der Waals surface area (Å²) in [5, 5.41) is 2.14. The molecule has 3 heteroatoms. The fourth-order valence-electron chi connectivity index (χ4n) is 2.98. The van der Waals surface area contributed by atoms with Crippen LogP contribution in [0.5, 0.6) is 0 Å². The Labute approximate surface area is 144 Å². The monoisotopic (exact) mass is 333 g/mol. The highest BCUT2D eigenvalue weighted by atomic mass is 31.1. The van der Waals surface area contributed by atoms with E-state index in [1.165, 1.54) is 0 Å². The Balaban J connectivity index is 2.15. The second-order valence-electron chi connectivity index (χ2n) is 5.84. The van der Waals surface area contributed by atoms with Crippen molar-refractivity contribution in [3.8, 4) is 0 Å². The maximum atomic E-state index is 13.5. The predicted molar refractivity (Wildman–Crippen MR) is 104 cm³/mol. The molecule has 2 N–H and O–H groups in total. The summed E-state index contributed by atoms with van der Waals surface area (Å²) in [6, 6.07) is 23.8. The van der Waals surface area contributed by atoms with Gasteiger partial charge >= 0.3 is 0 Å². The first-order valence-corrected chi connectivity index (χ1v) is 9.23. The van der Waals surface area contributed by atoms with Gasteiger partial charge in [0.05, 0.1) is 0 Å². The van der Waals surface area contributed by atoms with Crippen molar-refractivity contribution in [1.29, 1.82) is 0 Å². The molecule has 0 saturated carbocycles. The first kappa shape index (κ1) is 16.4. The number of hydrogen-bond donors (Lipinski definition) is 1. The third-order valence-corrected chi connectivity index (χ3v) is 6.26. The van der Waals surface area contributed by atoms with E-state index in [4.69, 9.17) is 5.73 Å². The fourth-order valence-corrected chi connectivity index (χ4v) is 5.27. The Kier molecular flexibility index (Phi) is 4.78. The molecule has 0 aromatic heterocycles. The summed E-state index contributed by atoms with van der Waals surface area (Å²) in [6.45, 7) is 3.92. The maximum Gasteiger partial charge on any atom is 0.193 e. The minimum atomic E-state index is -1.11. The summed E-state index contributed by atoms with van der Waals surface area (Å²) >= 11 is 0. The minimum Gasteiger partial charge on any atom is -0.399 e. The van der Waals surface area contributed by atoms with Gasteiger partial charge in [0, 0.05) is 19.2 Å². The molecular formula is C21H20NOP. The molecule has 0 fully saturated rings. The van der Waals surface area contributed by atoms with Crippen LogP contribution < -0.4 is 16.3 Å². The van der Waals surface area contributed by atoms with Gasteiger partial charge in [0.2, 0.25) is 0 Å². The molecule has 2 nitrogen and oxygen atoms in total. The molecule has 3 rings (SSSR count). The molecular weight excluding hydrogens is 313 g/mol. The zero-order valence-corrected chi connectivity index (χ0v) is 14.8. The van der Waals surface area contributed by atoms with Gasteiger partial charge in [0.1, 0.15) is 0 Å². The fraction of sp³-hybridized carbons (Fsp3) is 0.0952. The Hall–Kier alpha value is -2.44. The van der Waals surface area contributed by atoms with Gasteiger partial charge in [-0.25, -0.2) is 0 Å². The van der Waals surface area contributed by atoms with Crippen molar-refractivity contribution in [3.63, 3.8) is 0 Å². The number of anilines is 1. The van der Waals surface area contributed by atoms with E-state index in [0.717, 1.165) is 27.3 Å². The van der Waals surface area contributed by atoms with E-state index in [1.54, 1.807) is 0 Å². The van der Waals surface area contributed by atoms with Crippen LogP contribution >= 0.6 is 7.92 Å². The Bertz CT molecular complexity index is 797. The van der Waals surface area contributed by atoms with Crippen molar-refractivity contribution in [2.24, 2.45) is 0 Å². The second kappa shape index (κ2) is 6.98. The zero-order chi connectivity index (χ0) is 17.1. The maximum absolute atomic E-state index is 13.5. The molecule has 0 saturated heterocycles. The number of hydrogen-bond acceptors (Lipinski definition) is 2. The van der Waals surface area contributed by atoms with Crippen LogP contribution in [-0.2, 0) is 0 Å². The summed E-state index contributed by atoms with van der Waals surface area (Å²) in [5.74, 6) is 0. The summed E-state index contributed by atoms with van der Waals surface area (Å²) < 4.78 is 0. The molecule has 0 aliphatic carbocycles. The molecule has 0 heterocycles. The molecule has 24 heavy (non-hydrogen) atoms. The topological polar surface area (TPSA) is 43.1 Å². The van der Waals surface area contributed by atoms with E-state index >= 15 is 0 Å². The summed E-state index contributed by atoms with van der Waals surface area (Å²) in [5.41, 5.74) is 9.48. The number of rotatable bonds is 4. The number of nitrogens with two attached hydrogens (primary N) is 1. The van der Waals surface area contributed by atoms with Crippen molar-refractivity contribution in [3.05, 3.63) is 89.5 Å². The SMILES string of the molecule is Cc1cc(N)cc(C)c1C(=O)P(c1ccccc1)c1ccccc1. The lowest BCUT2D eigenvalue weighted by Crippen LogP contribution is -2.19. The van der Waals surface area contributed by atoms with Crippen LogP contribution in [0.3, 0.4) is 0 Å². The van der Waals surface area contributed by atoms with E-state index in [0.29, 0.717) is 5.69 Å². The molecule has 0 amide bonds. The molecule has 0 aliphatic heterocycles. The minimum absolute atomic E-state index is 0.178. The largest absolute Gasteiger partial charge is 0.399 e. The van der Waals surface area contributed by atoms with Gasteiger partial charge in [-0.2, -0.15) is 0 Å². The number of benzene rings is 3. The van der Waals surface area contributed by atoms with Gasteiger partial charge in [-0.05, 0) is 47.7 Å². The van der Waals surface area contributed by atoms with E-state index in [2.05, 4.69) is 0 Å².